The molecule has 0 atom stereocenters. The number of rotatable bonds is 5. The summed E-state index contributed by atoms with van der Waals surface area (Å²) >= 11 is 1.31. The van der Waals surface area contributed by atoms with E-state index in [1.165, 1.54) is 23.5 Å². The lowest BCUT2D eigenvalue weighted by Crippen LogP contribution is -2.13. The number of hydrogen-bond donors (Lipinski definition) is 2. The van der Waals surface area contributed by atoms with E-state index in [2.05, 4.69) is 10.3 Å². The number of amides is 1. The summed E-state index contributed by atoms with van der Waals surface area (Å²) in [5, 5.41) is 4.86. The number of anilines is 1. The Bertz CT molecular complexity index is 615. The number of ether oxygens (including phenoxy) is 1. The largest absolute Gasteiger partial charge is 0.491 e. The maximum Gasteiger partial charge on any atom is 0.275 e. The highest BCUT2D eigenvalue weighted by Crippen LogP contribution is 2.21. The first kappa shape index (κ1) is 14.4. The molecule has 5 nitrogen and oxygen atoms in total. The molecule has 0 spiro atoms. The van der Waals surface area contributed by atoms with Crippen LogP contribution >= 0.6 is 11.3 Å². The summed E-state index contributed by atoms with van der Waals surface area (Å²) in [5.74, 6) is -0.764. The van der Waals surface area contributed by atoms with Crippen molar-refractivity contribution in [2.75, 3.05) is 11.9 Å². The number of thiazole rings is 1. The van der Waals surface area contributed by atoms with E-state index in [0.29, 0.717) is 17.3 Å². The Labute approximate surface area is 119 Å². The van der Waals surface area contributed by atoms with Gasteiger partial charge in [0, 0.05) is 23.7 Å². The number of nitrogens with zero attached hydrogens (tertiary/aromatic N) is 1. The van der Waals surface area contributed by atoms with Crippen LogP contribution in [0.25, 0.3) is 0 Å². The molecule has 106 valence electrons. The van der Waals surface area contributed by atoms with E-state index in [4.69, 9.17) is 10.5 Å². The first-order valence-corrected chi connectivity index (χ1v) is 6.90. The zero-order chi connectivity index (χ0) is 14.5. The van der Waals surface area contributed by atoms with Crippen molar-refractivity contribution in [3.8, 4) is 5.75 Å². The molecule has 1 amide bonds. The molecule has 0 fully saturated rings. The Morgan fingerprint density at radius 2 is 2.35 bits per heavy atom. The Morgan fingerprint density at radius 1 is 1.55 bits per heavy atom. The van der Waals surface area contributed by atoms with Crippen molar-refractivity contribution in [1.29, 1.82) is 0 Å². The Hall–Kier alpha value is -1.99. The molecule has 0 aliphatic heterocycles. The Kier molecular flexibility index (Phi) is 4.65. The van der Waals surface area contributed by atoms with Crippen LogP contribution < -0.4 is 15.8 Å². The number of carbonyl (C=O) groups is 1. The van der Waals surface area contributed by atoms with Crippen molar-refractivity contribution in [1.82, 2.24) is 4.98 Å². The van der Waals surface area contributed by atoms with Crippen LogP contribution in [0.4, 0.5) is 10.1 Å². The molecule has 1 aromatic heterocycles. The average Bonchev–Trinajstić information content (AvgIpc) is 2.91. The van der Waals surface area contributed by atoms with Gasteiger partial charge in [-0.25, -0.2) is 9.37 Å². The molecular weight excluding hydrogens is 281 g/mol. The molecule has 1 heterocycles. The number of hydrogen-bond acceptors (Lipinski definition) is 5. The molecule has 0 radical (unpaired) electrons. The predicted molar refractivity (Wildman–Crippen MR) is 75.5 cm³/mol. The summed E-state index contributed by atoms with van der Waals surface area (Å²) in [4.78, 5) is 16.0. The molecule has 7 heteroatoms. The SMILES string of the molecule is CCOc1ccc(NC(=O)c2csc(CN)n2)cc1F. The summed E-state index contributed by atoms with van der Waals surface area (Å²) in [5.41, 5.74) is 6.05. The minimum Gasteiger partial charge on any atom is -0.491 e. The topological polar surface area (TPSA) is 77.2 Å². The van der Waals surface area contributed by atoms with E-state index in [1.807, 2.05) is 0 Å². The van der Waals surface area contributed by atoms with Gasteiger partial charge in [-0.1, -0.05) is 0 Å². The zero-order valence-corrected chi connectivity index (χ0v) is 11.7. The molecular formula is C13H14FN3O2S. The first-order valence-electron chi connectivity index (χ1n) is 6.02. The lowest BCUT2D eigenvalue weighted by atomic mass is 10.3. The first-order chi connectivity index (χ1) is 9.63. The zero-order valence-electron chi connectivity index (χ0n) is 10.9. The van der Waals surface area contributed by atoms with Crippen LogP contribution in [-0.2, 0) is 6.54 Å². The molecule has 0 bridgehead atoms. The summed E-state index contributed by atoms with van der Waals surface area (Å²) in [6.45, 7) is 2.44. The minimum absolute atomic E-state index is 0.157. The van der Waals surface area contributed by atoms with Crippen LogP contribution in [0.1, 0.15) is 22.4 Å². The van der Waals surface area contributed by atoms with E-state index in [0.717, 1.165) is 0 Å². The third-order valence-electron chi connectivity index (χ3n) is 2.45. The molecule has 2 aromatic rings. The van der Waals surface area contributed by atoms with Crippen molar-refractivity contribution in [2.45, 2.75) is 13.5 Å². The summed E-state index contributed by atoms with van der Waals surface area (Å²) in [6.07, 6.45) is 0. The van der Waals surface area contributed by atoms with Crippen molar-refractivity contribution in [2.24, 2.45) is 5.73 Å². The van der Waals surface area contributed by atoms with Gasteiger partial charge in [0.1, 0.15) is 10.7 Å². The van der Waals surface area contributed by atoms with Crippen LogP contribution in [0.5, 0.6) is 5.75 Å². The molecule has 0 unspecified atom stereocenters. The van der Waals surface area contributed by atoms with Gasteiger partial charge in [0.2, 0.25) is 0 Å². The van der Waals surface area contributed by atoms with Crippen LogP contribution in [-0.4, -0.2) is 17.5 Å². The number of carbonyl (C=O) groups excluding carboxylic acids is 1. The van der Waals surface area contributed by atoms with Gasteiger partial charge in [-0.2, -0.15) is 0 Å². The molecule has 2 rings (SSSR count). The van der Waals surface area contributed by atoms with Crippen molar-refractivity contribution in [3.63, 3.8) is 0 Å². The van der Waals surface area contributed by atoms with Gasteiger partial charge in [0.25, 0.3) is 5.91 Å². The highest BCUT2D eigenvalue weighted by molar-refractivity contribution is 7.09. The number of halogens is 1. The summed E-state index contributed by atoms with van der Waals surface area (Å²) < 4.78 is 18.7. The minimum atomic E-state index is -0.523. The lowest BCUT2D eigenvalue weighted by Gasteiger charge is -2.07. The molecule has 0 saturated carbocycles. The van der Waals surface area contributed by atoms with Gasteiger partial charge < -0.3 is 15.8 Å². The normalized spacial score (nSPS) is 10.3. The van der Waals surface area contributed by atoms with Crippen LogP contribution in [0, 0.1) is 5.82 Å². The second kappa shape index (κ2) is 6.44. The van der Waals surface area contributed by atoms with Crippen LogP contribution in [0.15, 0.2) is 23.6 Å². The van der Waals surface area contributed by atoms with Gasteiger partial charge in [-0.05, 0) is 19.1 Å². The van der Waals surface area contributed by atoms with Crippen molar-refractivity contribution >= 4 is 22.9 Å². The van der Waals surface area contributed by atoms with Crippen molar-refractivity contribution < 1.29 is 13.9 Å². The predicted octanol–water partition coefficient (Wildman–Crippen LogP) is 2.39. The monoisotopic (exact) mass is 295 g/mol. The highest BCUT2D eigenvalue weighted by atomic mass is 32.1. The van der Waals surface area contributed by atoms with Gasteiger partial charge >= 0.3 is 0 Å². The number of nitrogens with one attached hydrogen (secondary N) is 1. The number of nitrogens with two attached hydrogens (primary N) is 1. The van der Waals surface area contributed by atoms with E-state index in [9.17, 15) is 9.18 Å². The number of benzene rings is 1. The van der Waals surface area contributed by atoms with Crippen molar-refractivity contribution in [3.05, 3.63) is 40.1 Å². The maximum atomic E-state index is 13.6. The molecule has 0 aliphatic rings. The van der Waals surface area contributed by atoms with E-state index in [1.54, 1.807) is 18.4 Å². The Morgan fingerprint density at radius 3 is 2.95 bits per heavy atom. The Balaban J connectivity index is 2.09. The van der Waals surface area contributed by atoms with E-state index < -0.39 is 11.7 Å². The fraction of sp³-hybridized carbons (Fsp3) is 0.231. The van der Waals surface area contributed by atoms with Gasteiger partial charge in [-0.3, -0.25) is 4.79 Å². The summed E-state index contributed by atoms with van der Waals surface area (Å²) in [6, 6.07) is 4.25. The third-order valence-corrected chi connectivity index (χ3v) is 3.32. The highest BCUT2D eigenvalue weighted by Gasteiger charge is 2.12. The van der Waals surface area contributed by atoms with Crippen LogP contribution in [0.3, 0.4) is 0 Å². The fourth-order valence-corrected chi connectivity index (χ4v) is 2.21. The van der Waals surface area contributed by atoms with E-state index in [-0.39, 0.29) is 18.0 Å². The maximum absolute atomic E-state index is 13.6. The molecule has 0 aliphatic carbocycles. The molecule has 1 aromatic carbocycles. The second-order valence-corrected chi connectivity index (χ2v) is 4.81. The quantitative estimate of drug-likeness (QED) is 0.888. The molecule has 3 N–H and O–H groups in total. The smallest absolute Gasteiger partial charge is 0.275 e. The van der Waals surface area contributed by atoms with Gasteiger partial charge in [-0.15, -0.1) is 11.3 Å². The lowest BCUT2D eigenvalue weighted by molar-refractivity contribution is 0.102. The third kappa shape index (κ3) is 3.31. The average molecular weight is 295 g/mol. The van der Waals surface area contributed by atoms with Crippen LogP contribution in [0.2, 0.25) is 0 Å². The molecule has 20 heavy (non-hydrogen) atoms. The van der Waals surface area contributed by atoms with Gasteiger partial charge in [0.15, 0.2) is 11.6 Å². The van der Waals surface area contributed by atoms with Gasteiger partial charge in [0.05, 0.1) is 6.61 Å². The van der Waals surface area contributed by atoms with E-state index >= 15 is 0 Å². The number of aromatic nitrogens is 1. The fourth-order valence-electron chi connectivity index (χ4n) is 1.56. The standard InChI is InChI=1S/C13H14FN3O2S/c1-2-19-11-4-3-8(5-9(11)14)16-13(18)10-7-20-12(6-15)17-10/h3-5,7H,2,6,15H2,1H3,(H,16,18). The molecule has 0 saturated heterocycles. The summed E-state index contributed by atoms with van der Waals surface area (Å²) in [7, 11) is 0. The second-order valence-electron chi connectivity index (χ2n) is 3.86.